The van der Waals surface area contributed by atoms with Gasteiger partial charge < -0.3 is 10.4 Å². The molecule has 76 valence electrons. The number of aliphatic hydroxyl groups excluding tert-OH is 1. The topological polar surface area (TPSA) is 49.3 Å². The predicted octanol–water partition coefficient (Wildman–Crippen LogP) is 1.21. The summed E-state index contributed by atoms with van der Waals surface area (Å²) in [6, 6.07) is 0. The third-order valence-corrected chi connectivity index (χ3v) is 2.74. The molecule has 0 heterocycles. The van der Waals surface area contributed by atoms with Crippen molar-refractivity contribution in [3.05, 3.63) is 0 Å². The predicted molar refractivity (Wildman–Crippen MR) is 51.3 cm³/mol. The number of aliphatic hydroxyl groups is 1. The molecular weight excluding hydrogens is 166 g/mol. The highest BCUT2D eigenvalue weighted by atomic mass is 16.3. The molecule has 0 spiro atoms. The molecule has 1 fully saturated rings. The van der Waals surface area contributed by atoms with Crippen LogP contribution in [-0.4, -0.2) is 23.2 Å². The summed E-state index contributed by atoms with van der Waals surface area (Å²) >= 11 is 0. The Hall–Kier alpha value is -0.570. The number of hydrogen-bond acceptors (Lipinski definition) is 2. The summed E-state index contributed by atoms with van der Waals surface area (Å²) in [5, 5.41) is 12.2. The molecule has 0 bridgehead atoms. The fourth-order valence-corrected chi connectivity index (χ4v) is 1.96. The molecule has 0 aromatic rings. The number of amides is 1. The highest BCUT2D eigenvalue weighted by molar-refractivity contribution is 5.76. The first-order chi connectivity index (χ1) is 6.22. The molecule has 0 unspecified atom stereocenters. The maximum atomic E-state index is 11.3. The first kappa shape index (κ1) is 10.5. The lowest BCUT2D eigenvalue weighted by Gasteiger charge is -2.27. The van der Waals surface area contributed by atoms with E-state index < -0.39 is 0 Å². The van der Waals surface area contributed by atoms with E-state index in [1.807, 2.05) is 6.92 Å². The molecule has 2 N–H and O–H groups in total. The molecule has 1 rings (SSSR count). The first-order valence-electron chi connectivity index (χ1n) is 5.14. The molecule has 0 aromatic heterocycles. The Morgan fingerprint density at radius 3 is 2.54 bits per heavy atom. The minimum Gasteiger partial charge on any atom is -0.394 e. The first-order valence-corrected chi connectivity index (χ1v) is 5.14. The number of carbonyl (C=O) groups is 1. The minimum atomic E-state index is -0.285. The van der Waals surface area contributed by atoms with Crippen LogP contribution in [0.1, 0.15) is 45.4 Å². The molecule has 0 saturated heterocycles. The van der Waals surface area contributed by atoms with Gasteiger partial charge in [0.15, 0.2) is 0 Å². The van der Waals surface area contributed by atoms with Gasteiger partial charge in [-0.3, -0.25) is 4.79 Å². The SMILES string of the molecule is CCCC(=O)NC1(CO)CCCC1. The fraction of sp³-hybridized carbons (Fsp3) is 0.900. The Morgan fingerprint density at radius 2 is 2.08 bits per heavy atom. The van der Waals surface area contributed by atoms with Crippen molar-refractivity contribution >= 4 is 5.91 Å². The van der Waals surface area contributed by atoms with Crippen molar-refractivity contribution in [2.45, 2.75) is 51.0 Å². The van der Waals surface area contributed by atoms with Crippen LogP contribution in [0.4, 0.5) is 0 Å². The smallest absolute Gasteiger partial charge is 0.220 e. The third kappa shape index (κ3) is 2.69. The molecule has 1 aliphatic carbocycles. The number of carbonyl (C=O) groups excluding carboxylic acids is 1. The van der Waals surface area contributed by atoms with Gasteiger partial charge in [-0.15, -0.1) is 0 Å². The Bertz CT molecular complexity index is 174. The lowest BCUT2D eigenvalue weighted by molar-refractivity contribution is -0.123. The van der Waals surface area contributed by atoms with E-state index in [-0.39, 0.29) is 18.1 Å². The van der Waals surface area contributed by atoms with Gasteiger partial charge in [0.1, 0.15) is 0 Å². The van der Waals surface area contributed by atoms with E-state index in [2.05, 4.69) is 5.32 Å². The summed E-state index contributed by atoms with van der Waals surface area (Å²) in [5.74, 6) is 0.0819. The second-order valence-electron chi connectivity index (χ2n) is 3.94. The maximum Gasteiger partial charge on any atom is 0.220 e. The lowest BCUT2D eigenvalue weighted by atomic mass is 9.98. The lowest BCUT2D eigenvalue weighted by Crippen LogP contribution is -2.49. The van der Waals surface area contributed by atoms with Gasteiger partial charge >= 0.3 is 0 Å². The monoisotopic (exact) mass is 185 g/mol. The zero-order chi connectivity index (χ0) is 9.73. The molecule has 3 heteroatoms. The maximum absolute atomic E-state index is 11.3. The van der Waals surface area contributed by atoms with Gasteiger partial charge in [0.2, 0.25) is 5.91 Å². The standard InChI is InChI=1S/C10H19NO2/c1-2-5-9(13)11-10(8-12)6-3-4-7-10/h12H,2-8H2,1H3,(H,11,13). The second-order valence-corrected chi connectivity index (χ2v) is 3.94. The van der Waals surface area contributed by atoms with Crippen LogP contribution in [0.25, 0.3) is 0 Å². The molecule has 13 heavy (non-hydrogen) atoms. The average molecular weight is 185 g/mol. The Labute approximate surface area is 79.5 Å². The van der Waals surface area contributed by atoms with Crippen molar-refractivity contribution in [1.29, 1.82) is 0 Å². The van der Waals surface area contributed by atoms with Crippen LogP contribution in [0.15, 0.2) is 0 Å². The van der Waals surface area contributed by atoms with Crippen LogP contribution in [0.2, 0.25) is 0 Å². The van der Waals surface area contributed by atoms with Gasteiger partial charge in [-0.2, -0.15) is 0 Å². The van der Waals surface area contributed by atoms with Gasteiger partial charge in [0.05, 0.1) is 12.1 Å². The molecule has 0 atom stereocenters. The zero-order valence-electron chi connectivity index (χ0n) is 8.31. The van der Waals surface area contributed by atoms with Crippen LogP contribution < -0.4 is 5.32 Å². The normalized spacial score (nSPS) is 20.2. The van der Waals surface area contributed by atoms with E-state index in [0.29, 0.717) is 6.42 Å². The number of rotatable bonds is 4. The van der Waals surface area contributed by atoms with E-state index in [0.717, 1.165) is 32.1 Å². The second kappa shape index (κ2) is 4.61. The van der Waals surface area contributed by atoms with Gasteiger partial charge in [-0.05, 0) is 19.3 Å². The van der Waals surface area contributed by atoms with E-state index in [1.165, 1.54) is 0 Å². The van der Waals surface area contributed by atoms with E-state index >= 15 is 0 Å². The van der Waals surface area contributed by atoms with Crippen LogP contribution in [0.3, 0.4) is 0 Å². The van der Waals surface area contributed by atoms with Crippen LogP contribution >= 0.6 is 0 Å². The zero-order valence-corrected chi connectivity index (χ0v) is 8.31. The molecule has 0 aromatic carbocycles. The quantitative estimate of drug-likeness (QED) is 0.691. The highest BCUT2D eigenvalue weighted by Crippen LogP contribution is 2.29. The number of hydrogen-bond donors (Lipinski definition) is 2. The van der Waals surface area contributed by atoms with Crippen molar-refractivity contribution in [2.75, 3.05) is 6.61 Å². The van der Waals surface area contributed by atoms with E-state index in [9.17, 15) is 9.90 Å². The fourth-order valence-electron chi connectivity index (χ4n) is 1.96. The van der Waals surface area contributed by atoms with Gasteiger partial charge in [0, 0.05) is 6.42 Å². The van der Waals surface area contributed by atoms with Crippen LogP contribution in [-0.2, 0) is 4.79 Å². The van der Waals surface area contributed by atoms with E-state index in [4.69, 9.17) is 0 Å². The highest BCUT2D eigenvalue weighted by Gasteiger charge is 2.34. The summed E-state index contributed by atoms with van der Waals surface area (Å²) in [6.45, 7) is 2.07. The third-order valence-electron chi connectivity index (χ3n) is 2.74. The van der Waals surface area contributed by atoms with Crippen molar-refractivity contribution < 1.29 is 9.90 Å². The average Bonchev–Trinajstić information content (AvgIpc) is 2.54. The molecule has 0 radical (unpaired) electrons. The van der Waals surface area contributed by atoms with Gasteiger partial charge in [-0.1, -0.05) is 19.8 Å². The summed E-state index contributed by atoms with van der Waals surface area (Å²) < 4.78 is 0. The molecule has 3 nitrogen and oxygen atoms in total. The largest absolute Gasteiger partial charge is 0.394 e. The molecule has 1 aliphatic rings. The van der Waals surface area contributed by atoms with Crippen molar-refractivity contribution in [3.63, 3.8) is 0 Å². The van der Waals surface area contributed by atoms with Crippen molar-refractivity contribution in [2.24, 2.45) is 0 Å². The van der Waals surface area contributed by atoms with Crippen LogP contribution in [0.5, 0.6) is 0 Å². The molecule has 1 saturated carbocycles. The van der Waals surface area contributed by atoms with Crippen molar-refractivity contribution in [3.8, 4) is 0 Å². The molecular formula is C10H19NO2. The Balaban J connectivity index is 2.43. The number of nitrogens with one attached hydrogen (secondary N) is 1. The summed E-state index contributed by atoms with van der Waals surface area (Å²) in [4.78, 5) is 11.3. The Morgan fingerprint density at radius 1 is 1.46 bits per heavy atom. The van der Waals surface area contributed by atoms with E-state index in [1.54, 1.807) is 0 Å². The Kier molecular flexibility index (Phi) is 3.72. The molecule has 0 aliphatic heterocycles. The summed E-state index contributed by atoms with van der Waals surface area (Å²) in [5.41, 5.74) is -0.285. The van der Waals surface area contributed by atoms with Gasteiger partial charge in [0.25, 0.3) is 0 Å². The summed E-state index contributed by atoms with van der Waals surface area (Å²) in [7, 11) is 0. The molecule has 1 amide bonds. The van der Waals surface area contributed by atoms with Gasteiger partial charge in [-0.25, -0.2) is 0 Å². The summed E-state index contributed by atoms with van der Waals surface area (Å²) in [6.07, 6.45) is 5.53. The van der Waals surface area contributed by atoms with Crippen molar-refractivity contribution in [1.82, 2.24) is 5.32 Å². The van der Waals surface area contributed by atoms with Crippen LogP contribution in [0, 0.1) is 0 Å². The minimum absolute atomic E-state index is 0.0819.